The zero-order chi connectivity index (χ0) is 15.9. The zero-order valence-electron chi connectivity index (χ0n) is 14.2. The fraction of sp³-hybridized carbons (Fsp3) is 0.429. The summed E-state index contributed by atoms with van der Waals surface area (Å²) >= 11 is 0. The van der Waals surface area contributed by atoms with Crippen LogP contribution in [-0.2, 0) is 5.60 Å². The van der Waals surface area contributed by atoms with Gasteiger partial charge in [0.2, 0.25) is 0 Å². The van der Waals surface area contributed by atoms with Crippen molar-refractivity contribution in [1.29, 1.82) is 0 Å². The number of fused-ring (bicyclic) bond motifs is 3. The molecule has 1 N–H and O–H groups in total. The summed E-state index contributed by atoms with van der Waals surface area (Å²) in [5.41, 5.74) is 2.41. The molecule has 128 valence electrons. The molecule has 2 aromatic rings. The molecule has 0 saturated carbocycles. The number of aliphatic hydroxyl groups is 1. The smallest absolute Gasteiger partial charge is 0.119 e. The molecule has 2 aromatic carbocycles. The van der Waals surface area contributed by atoms with Crippen molar-refractivity contribution in [2.75, 3.05) is 19.6 Å². The predicted octanol–water partition coefficient (Wildman–Crippen LogP) is 3.99. The summed E-state index contributed by atoms with van der Waals surface area (Å²) in [5, 5.41) is 12.0. The van der Waals surface area contributed by atoms with Gasteiger partial charge in [0.15, 0.2) is 0 Å². The van der Waals surface area contributed by atoms with Gasteiger partial charge in [-0.1, -0.05) is 60.2 Å². The Morgan fingerprint density at radius 2 is 1.50 bits per heavy atom. The summed E-state index contributed by atoms with van der Waals surface area (Å²) < 4.78 is 0. The molecule has 3 heterocycles. The Bertz CT molecular complexity index is 664. The van der Waals surface area contributed by atoms with E-state index < -0.39 is 5.60 Å². The number of benzene rings is 2. The van der Waals surface area contributed by atoms with Crippen LogP contribution in [0.15, 0.2) is 54.6 Å². The fourth-order valence-electron chi connectivity index (χ4n) is 4.53. The number of aryl methyl sites for hydroxylation is 1. The third-order valence-electron chi connectivity index (χ3n) is 5.90. The first kappa shape index (κ1) is 17.5. The van der Waals surface area contributed by atoms with Gasteiger partial charge in [-0.3, -0.25) is 0 Å². The van der Waals surface area contributed by atoms with E-state index in [0.717, 1.165) is 17.7 Å². The molecule has 2 nitrogen and oxygen atoms in total. The van der Waals surface area contributed by atoms with E-state index >= 15 is 0 Å². The van der Waals surface area contributed by atoms with E-state index in [1.54, 1.807) is 0 Å². The average molecular weight is 344 g/mol. The van der Waals surface area contributed by atoms with E-state index in [-0.39, 0.29) is 18.3 Å². The third kappa shape index (κ3) is 2.88. The molecule has 0 aliphatic carbocycles. The first-order chi connectivity index (χ1) is 11.2. The molecule has 0 radical (unpaired) electrons. The van der Waals surface area contributed by atoms with Crippen molar-refractivity contribution in [3.63, 3.8) is 0 Å². The summed E-state index contributed by atoms with van der Waals surface area (Å²) in [5.74, 6) is 0.890. The van der Waals surface area contributed by atoms with E-state index in [1.807, 2.05) is 18.2 Å². The lowest BCUT2D eigenvalue weighted by Crippen LogP contribution is -2.55. The van der Waals surface area contributed by atoms with Crippen molar-refractivity contribution in [3.8, 4) is 0 Å². The van der Waals surface area contributed by atoms with Crippen LogP contribution in [0.4, 0.5) is 0 Å². The Balaban J connectivity index is 0.00000169. The highest BCUT2D eigenvalue weighted by Gasteiger charge is 2.48. The second-order valence-electron chi connectivity index (χ2n) is 7.24. The maximum absolute atomic E-state index is 12.0. The molecule has 5 rings (SSSR count). The molecule has 24 heavy (non-hydrogen) atoms. The van der Waals surface area contributed by atoms with Gasteiger partial charge in [-0.15, -0.1) is 12.4 Å². The van der Waals surface area contributed by atoms with Gasteiger partial charge >= 0.3 is 0 Å². The first-order valence-corrected chi connectivity index (χ1v) is 8.75. The second kappa shape index (κ2) is 6.87. The van der Waals surface area contributed by atoms with Crippen molar-refractivity contribution in [1.82, 2.24) is 4.90 Å². The van der Waals surface area contributed by atoms with Crippen LogP contribution in [0, 0.1) is 18.8 Å². The van der Waals surface area contributed by atoms with Crippen molar-refractivity contribution in [2.45, 2.75) is 25.4 Å². The number of halogens is 1. The Morgan fingerprint density at radius 3 is 2.04 bits per heavy atom. The van der Waals surface area contributed by atoms with E-state index in [1.165, 1.54) is 31.5 Å². The van der Waals surface area contributed by atoms with Crippen LogP contribution in [0.3, 0.4) is 0 Å². The number of nitrogens with zero attached hydrogens (tertiary/aromatic N) is 1. The average Bonchev–Trinajstić information content (AvgIpc) is 2.63. The Labute approximate surface area is 150 Å². The highest BCUT2D eigenvalue weighted by molar-refractivity contribution is 5.85. The summed E-state index contributed by atoms with van der Waals surface area (Å²) in [7, 11) is 0. The molecular weight excluding hydrogens is 318 g/mol. The normalized spacial score (nSPS) is 28.0. The van der Waals surface area contributed by atoms with Gasteiger partial charge in [0.05, 0.1) is 0 Å². The largest absolute Gasteiger partial charge is 0.380 e. The van der Waals surface area contributed by atoms with Crippen LogP contribution in [0.2, 0.25) is 0 Å². The van der Waals surface area contributed by atoms with Crippen molar-refractivity contribution in [3.05, 3.63) is 71.3 Å². The van der Waals surface area contributed by atoms with E-state index in [0.29, 0.717) is 5.92 Å². The minimum Gasteiger partial charge on any atom is -0.380 e. The Kier molecular flexibility index (Phi) is 5.00. The van der Waals surface area contributed by atoms with Crippen LogP contribution in [0.1, 0.15) is 29.5 Å². The molecule has 0 spiro atoms. The minimum atomic E-state index is -0.890. The maximum atomic E-state index is 12.0. The van der Waals surface area contributed by atoms with Gasteiger partial charge in [0, 0.05) is 12.5 Å². The van der Waals surface area contributed by atoms with Crippen LogP contribution < -0.4 is 0 Å². The number of hydrogen-bond acceptors (Lipinski definition) is 2. The molecule has 2 atom stereocenters. The van der Waals surface area contributed by atoms with Crippen LogP contribution in [0.25, 0.3) is 0 Å². The number of hydrogen-bond donors (Lipinski definition) is 1. The summed E-state index contributed by atoms with van der Waals surface area (Å²) in [6.07, 6.45) is 2.43. The summed E-state index contributed by atoms with van der Waals surface area (Å²) in [4.78, 5) is 2.52. The topological polar surface area (TPSA) is 23.5 Å². The van der Waals surface area contributed by atoms with Gasteiger partial charge < -0.3 is 10.0 Å². The van der Waals surface area contributed by atoms with Gasteiger partial charge in [-0.05, 0) is 49.9 Å². The SMILES string of the molecule is Cc1ccc(C(O)(c2ccccc2)C2CN3CCC2CC3)cc1.Cl. The van der Waals surface area contributed by atoms with Gasteiger partial charge in [-0.25, -0.2) is 0 Å². The van der Waals surface area contributed by atoms with Crippen molar-refractivity contribution in [2.24, 2.45) is 11.8 Å². The fourth-order valence-corrected chi connectivity index (χ4v) is 4.53. The quantitative estimate of drug-likeness (QED) is 0.910. The molecule has 0 amide bonds. The summed E-state index contributed by atoms with van der Waals surface area (Å²) in [6, 6.07) is 18.7. The molecule has 3 heteroatoms. The molecule has 3 saturated heterocycles. The maximum Gasteiger partial charge on any atom is 0.119 e. The lowest BCUT2D eigenvalue weighted by molar-refractivity contribution is -0.0764. The number of piperidine rings is 3. The summed E-state index contributed by atoms with van der Waals surface area (Å²) in [6.45, 7) is 5.49. The standard InChI is InChI=1S/C21H25NO.ClH/c1-16-7-9-19(10-8-16)21(23,18-5-3-2-4-6-18)20-15-22-13-11-17(20)12-14-22;/h2-10,17,20,23H,11-15H2,1H3;1H. The van der Waals surface area contributed by atoms with Crippen molar-refractivity contribution < 1.29 is 5.11 Å². The van der Waals surface area contributed by atoms with Gasteiger partial charge in [0.25, 0.3) is 0 Å². The minimum absolute atomic E-state index is 0. The monoisotopic (exact) mass is 343 g/mol. The molecular formula is C21H26ClNO. The van der Waals surface area contributed by atoms with Crippen molar-refractivity contribution >= 4 is 12.4 Å². The zero-order valence-corrected chi connectivity index (χ0v) is 15.0. The molecule has 3 aliphatic heterocycles. The van der Waals surface area contributed by atoms with Crippen LogP contribution in [0.5, 0.6) is 0 Å². The molecule has 3 aliphatic rings. The molecule has 2 unspecified atom stereocenters. The Hall–Kier alpha value is -1.35. The second-order valence-corrected chi connectivity index (χ2v) is 7.24. The van der Waals surface area contributed by atoms with Gasteiger partial charge in [0.1, 0.15) is 5.60 Å². The highest BCUT2D eigenvalue weighted by Crippen LogP contribution is 2.46. The van der Waals surface area contributed by atoms with Crippen LogP contribution >= 0.6 is 12.4 Å². The van der Waals surface area contributed by atoms with E-state index in [4.69, 9.17) is 0 Å². The van der Waals surface area contributed by atoms with Gasteiger partial charge in [-0.2, -0.15) is 0 Å². The lowest BCUT2D eigenvalue weighted by Gasteiger charge is -2.51. The third-order valence-corrected chi connectivity index (χ3v) is 5.90. The predicted molar refractivity (Wildman–Crippen MR) is 101 cm³/mol. The molecule has 2 bridgehead atoms. The highest BCUT2D eigenvalue weighted by atomic mass is 35.5. The Morgan fingerprint density at radius 1 is 0.917 bits per heavy atom. The van der Waals surface area contributed by atoms with E-state index in [9.17, 15) is 5.11 Å². The molecule has 0 aromatic heterocycles. The first-order valence-electron chi connectivity index (χ1n) is 8.75. The van der Waals surface area contributed by atoms with Crippen LogP contribution in [-0.4, -0.2) is 29.6 Å². The number of rotatable bonds is 3. The lowest BCUT2D eigenvalue weighted by atomic mass is 9.65. The molecule has 3 fully saturated rings. The van der Waals surface area contributed by atoms with E-state index in [2.05, 4.69) is 48.2 Å².